The predicted molar refractivity (Wildman–Crippen MR) is 132 cm³/mol. The van der Waals surface area contributed by atoms with Crippen molar-refractivity contribution < 1.29 is 13.2 Å². The molecule has 0 aliphatic carbocycles. The van der Waals surface area contributed by atoms with Gasteiger partial charge in [0.05, 0.1) is 27.8 Å². The summed E-state index contributed by atoms with van der Waals surface area (Å²) in [5.74, 6) is 0.578. The number of carbonyl (C=O) groups excluding carboxylic acids is 1. The molecule has 2 aromatic carbocycles. The molecule has 2 aromatic heterocycles. The number of nitrogens with zero attached hydrogens (tertiary/aromatic N) is 4. The summed E-state index contributed by atoms with van der Waals surface area (Å²) in [6, 6.07) is 18.2. The van der Waals surface area contributed by atoms with Crippen LogP contribution in [0.2, 0.25) is 0 Å². The Morgan fingerprint density at radius 1 is 0.971 bits per heavy atom. The molecule has 0 saturated carbocycles. The third-order valence-corrected chi connectivity index (χ3v) is 7.70. The second kappa shape index (κ2) is 10.1. The van der Waals surface area contributed by atoms with Gasteiger partial charge in [0.25, 0.3) is 0 Å². The van der Waals surface area contributed by atoms with Crippen molar-refractivity contribution >= 4 is 32.7 Å². The molecule has 1 N–H and O–H groups in total. The lowest BCUT2D eigenvalue weighted by molar-refractivity contribution is -0.116. The second-order valence-corrected chi connectivity index (χ2v) is 9.73. The van der Waals surface area contributed by atoms with Crippen molar-refractivity contribution in [3.63, 3.8) is 0 Å². The third kappa shape index (κ3) is 5.00. The van der Waals surface area contributed by atoms with Gasteiger partial charge in [0.15, 0.2) is 0 Å². The van der Waals surface area contributed by atoms with Gasteiger partial charge < -0.3 is 5.32 Å². The zero-order chi connectivity index (χ0) is 24.1. The minimum absolute atomic E-state index is 0.137. The van der Waals surface area contributed by atoms with E-state index in [1.54, 1.807) is 36.8 Å². The molecule has 2 heterocycles. The van der Waals surface area contributed by atoms with Gasteiger partial charge in [-0.25, -0.2) is 18.4 Å². The number of nitrogens with one attached hydrogen (secondary N) is 1. The fraction of sp³-hybridized carbons (Fsp3) is 0.240. The third-order valence-electron chi connectivity index (χ3n) is 5.64. The van der Waals surface area contributed by atoms with Crippen molar-refractivity contribution in [1.82, 2.24) is 18.8 Å². The number of benzene rings is 2. The molecule has 176 valence electrons. The largest absolute Gasteiger partial charge is 0.325 e. The van der Waals surface area contributed by atoms with Crippen LogP contribution in [0.5, 0.6) is 0 Å². The zero-order valence-electron chi connectivity index (χ0n) is 19.2. The van der Waals surface area contributed by atoms with Crippen LogP contribution in [0.15, 0.2) is 78.1 Å². The highest BCUT2D eigenvalue weighted by Crippen LogP contribution is 2.19. The number of pyridine rings is 1. The van der Waals surface area contributed by atoms with E-state index in [0.29, 0.717) is 31.0 Å². The highest BCUT2D eigenvalue weighted by atomic mass is 32.2. The Balaban J connectivity index is 1.34. The first kappa shape index (κ1) is 23.6. The van der Waals surface area contributed by atoms with Gasteiger partial charge >= 0.3 is 0 Å². The number of carbonyl (C=O) groups is 1. The minimum atomic E-state index is -3.48. The Kier molecular flexibility index (Phi) is 7.04. The van der Waals surface area contributed by atoms with Crippen LogP contribution in [0, 0.1) is 0 Å². The molecular formula is C25H27N5O3S. The lowest BCUT2D eigenvalue weighted by Crippen LogP contribution is -2.30. The highest BCUT2D eigenvalue weighted by Gasteiger charge is 2.21. The van der Waals surface area contributed by atoms with E-state index >= 15 is 0 Å². The number of sulfonamides is 1. The molecule has 9 heteroatoms. The van der Waals surface area contributed by atoms with Gasteiger partial charge in [0.2, 0.25) is 15.9 Å². The average molecular weight is 478 g/mol. The topological polar surface area (TPSA) is 97.2 Å². The van der Waals surface area contributed by atoms with Gasteiger partial charge in [0.1, 0.15) is 12.1 Å². The van der Waals surface area contributed by atoms with Gasteiger partial charge in [0, 0.05) is 19.5 Å². The summed E-state index contributed by atoms with van der Waals surface area (Å²) < 4.78 is 28.5. The number of fused-ring (bicyclic) bond motifs is 1. The van der Waals surface area contributed by atoms with Crippen LogP contribution in [0.4, 0.5) is 5.69 Å². The van der Waals surface area contributed by atoms with Crippen LogP contribution in [0.1, 0.15) is 25.8 Å². The van der Waals surface area contributed by atoms with E-state index in [4.69, 9.17) is 0 Å². The van der Waals surface area contributed by atoms with E-state index in [-0.39, 0.29) is 17.2 Å². The number of hydrogen-bond acceptors (Lipinski definition) is 5. The average Bonchev–Trinajstić information content (AvgIpc) is 3.28. The van der Waals surface area contributed by atoms with Crippen molar-refractivity contribution in [2.24, 2.45) is 0 Å². The molecule has 0 aliphatic heterocycles. The summed E-state index contributed by atoms with van der Waals surface area (Å²) in [4.78, 5) is 21.5. The number of rotatable bonds is 9. The molecule has 0 aliphatic rings. The molecule has 0 atom stereocenters. The van der Waals surface area contributed by atoms with Gasteiger partial charge in [-0.2, -0.15) is 4.31 Å². The van der Waals surface area contributed by atoms with Crippen molar-refractivity contribution in [3.8, 4) is 5.82 Å². The van der Waals surface area contributed by atoms with E-state index < -0.39 is 10.0 Å². The van der Waals surface area contributed by atoms with Crippen LogP contribution in [-0.2, 0) is 21.2 Å². The first-order valence-electron chi connectivity index (χ1n) is 11.2. The number of aromatic nitrogens is 3. The van der Waals surface area contributed by atoms with Gasteiger partial charge in [-0.1, -0.05) is 38.1 Å². The normalized spacial score (nSPS) is 11.7. The fourth-order valence-electron chi connectivity index (χ4n) is 3.77. The van der Waals surface area contributed by atoms with Crippen LogP contribution in [0.3, 0.4) is 0 Å². The maximum Gasteiger partial charge on any atom is 0.243 e. The van der Waals surface area contributed by atoms with Gasteiger partial charge in [-0.15, -0.1) is 0 Å². The van der Waals surface area contributed by atoms with Crippen molar-refractivity contribution in [2.45, 2.75) is 31.6 Å². The zero-order valence-corrected chi connectivity index (χ0v) is 20.0. The Morgan fingerprint density at radius 2 is 1.71 bits per heavy atom. The van der Waals surface area contributed by atoms with Crippen LogP contribution < -0.4 is 5.32 Å². The molecule has 0 unspecified atom stereocenters. The van der Waals surface area contributed by atoms with E-state index in [2.05, 4.69) is 15.3 Å². The summed E-state index contributed by atoms with van der Waals surface area (Å²) in [6.07, 6.45) is 4.12. The van der Waals surface area contributed by atoms with E-state index in [9.17, 15) is 13.2 Å². The molecule has 4 aromatic rings. The Labute approximate surface area is 199 Å². The number of amides is 1. The molecule has 1 amide bonds. The Morgan fingerprint density at radius 3 is 2.38 bits per heavy atom. The summed E-state index contributed by atoms with van der Waals surface area (Å²) >= 11 is 0. The monoisotopic (exact) mass is 477 g/mol. The van der Waals surface area contributed by atoms with Gasteiger partial charge in [-0.3, -0.25) is 9.36 Å². The second-order valence-electron chi connectivity index (χ2n) is 7.79. The lowest BCUT2D eigenvalue weighted by Gasteiger charge is -2.18. The van der Waals surface area contributed by atoms with Crippen LogP contribution in [0.25, 0.3) is 16.9 Å². The van der Waals surface area contributed by atoms with Crippen LogP contribution >= 0.6 is 0 Å². The lowest BCUT2D eigenvalue weighted by atomic mass is 10.1. The smallest absolute Gasteiger partial charge is 0.243 e. The maximum absolute atomic E-state index is 12.6. The molecule has 0 saturated heterocycles. The molecule has 0 spiro atoms. The summed E-state index contributed by atoms with van der Waals surface area (Å²) in [5.41, 5.74) is 3.36. The molecule has 0 fully saturated rings. The number of anilines is 1. The summed E-state index contributed by atoms with van der Waals surface area (Å²) in [7, 11) is -3.48. The standard InChI is InChI=1S/C25H27N5O3S/c1-3-29(4-2)34(32,33)21-13-9-19(10-14-21)11-16-25(31)28-20-12-15-24(26-17-20)30-18-27-22-7-5-6-8-23(22)30/h5-10,12-15,17-18H,3-4,11,16H2,1-2H3,(H,28,31). The SMILES string of the molecule is CCN(CC)S(=O)(=O)c1ccc(CCC(=O)Nc2ccc(-n3cnc4ccccc43)nc2)cc1. The van der Waals surface area contributed by atoms with Crippen LogP contribution in [-0.4, -0.2) is 46.3 Å². The van der Waals surface area contributed by atoms with Gasteiger partial charge in [-0.05, 0) is 48.4 Å². The summed E-state index contributed by atoms with van der Waals surface area (Å²) in [5, 5.41) is 2.86. The molecule has 8 nitrogen and oxygen atoms in total. The number of hydrogen-bond donors (Lipinski definition) is 1. The van der Waals surface area contributed by atoms with Crippen molar-refractivity contribution in [1.29, 1.82) is 0 Å². The number of imidazole rings is 1. The Hall–Kier alpha value is -3.56. The molecule has 4 rings (SSSR count). The number of para-hydroxylation sites is 2. The van der Waals surface area contributed by atoms with E-state index in [1.165, 1.54) is 4.31 Å². The fourth-order valence-corrected chi connectivity index (χ4v) is 5.22. The molecule has 0 radical (unpaired) electrons. The first-order valence-corrected chi connectivity index (χ1v) is 12.6. The predicted octanol–water partition coefficient (Wildman–Crippen LogP) is 4.02. The van der Waals surface area contributed by atoms with Crippen molar-refractivity contribution in [3.05, 3.63) is 78.8 Å². The maximum atomic E-state index is 12.6. The minimum Gasteiger partial charge on any atom is -0.325 e. The van der Waals surface area contributed by atoms with E-state index in [0.717, 1.165) is 16.6 Å². The first-order chi connectivity index (χ1) is 16.4. The quantitative estimate of drug-likeness (QED) is 0.393. The van der Waals surface area contributed by atoms with E-state index in [1.807, 2.05) is 54.8 Å². The number of aryl methyl sites for hydroxylation is 1. The van der Waals surface area contributed by atoms with Crippen molar-refractivity contribution in [2.75, 3.05) is 18.4 Å². The molecule has 0 bridgehead atoms. The highest BCUT2D eigenvalue weighted by molar-refractivity contribution is 7.89. The molecule has 34 heavy (non-hydrogen) atoms. The summed E-state index contributed by atoms with van der Waals surface area (Å²) in [6.45, 7) is 4.48. The molecular weight excluding hydrogens is 450 g/mol. The Bertz CT molecular complexity index is 1380.